The van der Waals surface area contributed by atoms with Gasteiger partial charge in [0.2, 0.25) is 0 Å². The van der Waals surface area contributed by atoms with E-state index in [-0.39, 0.29) is 12.1 Å². The summed E-state index contributed by atoms with van der Waals surface area (Å²) in [5.74, 6) is 0.352. The fourth-order valence-corrected chi connectivity index (χ4v) is 2.20. The minimum absolute atomic E-state index is 0.0246. The van der Waals surface area contributed by atoms with E-state index in [4.69, 9.17) is 4.74 Å². The monoisotopic (exact) mass is 189 g/mol. The first kappa shape index (κ1) is 10.9. The minimum atomic E-state index is -0.829. The second-order valence-corrected chi connectivity index (χ2v) is 4.11. The lowest BCUT2D eigenvalue weighted by Gasteiger charge is -2.24. The van der Waals surface area contributed by atoms with Crippen molar-refractivity contribution >= 4 is 0 Å². The van der Waals surface area contributed by atoms with Gasteiger partial charge in [-0.2, -0.15) is 0 Å². The van der Waals surface area contributed by atoms with Crippen molar-refractivity contribution in [2.24, 2.45) is 5.92 Å². The molecular weight excluding hydrogens is 169 g/mol. The molecule has 1 heterocycles. The maximum absolute atomic E-state index is 13.8. The van der Waals surface area contributed by atoms with E-state index in [1.807, 2.05) is 14.0 Å². The Morgan fingerprint density at radius 1 is 1.54 bits per heavy atom. The third kappa shape index (κ3) is 2.20. The molecule has 0 spiro atoms. The zero-order chi connectivity index (χ0) is 10.0. The first-order chi connectivity index (χ1) is 6.07. The van der Waals surface area contributed by atoms with Crippen LogP contribution in [0, 0.1) is 5.92 Å². The third-order valence-corrected chi connectivity index (χ3v) is 2.72. The van der Waals surface area contributed by atoms with Crippen molar-refractivity contribution in [2.45, 2.75) is 39.1 Å². The molecule has 0 N–H and O–H groups in total. The van der Waals surface area contributed by atoms with Crippen molar-refractivity contribution < 1.29 is 9.13 Å². The van der Waals surface area contributed by atoms with Gasteiger partial charge >= 0.3 is 0 Å². The van der Waals surface area contributed by atoms with E-state index in [9.17, 15) is 4.39 Å². The lowest BCUT2D eigenvalue weighted by atomic mass is 10.00. The van der Waals surface area contributed by atoms with Crippen LogP contribution in [0.15, 0.2) is 0 Å². The van der Waals surface area contributed by atoms with E-state index in [0.717, 1.165) is 6.54 Å². The van der Waals surface area contributed by atoms with Gasteiger partial charge in [0.05, 0.1) is 0 Å². The smallest absolute Gasteiger partial charge is 0.143 e. The van der Waals surface area contributed by atoms with Gasteiger partial charge in [0, 0.05) is 19.2 Å². The molecule has 0 bridgehead atoms. The average Bonchev–Trinajstić information content (AvgIpc) is 2.28. The predicted octanol–water partition coefficient (Wildman–Crippen LogP) is 1.70. The van der Waals surface area contributed by atoms with E-state index >= 15 is 0 Å². The van der Waals surface area contributed by atoms with Crippen LogP contribution in [-0.2, 0) is 4.74 Å². The van der Waals surface area contributed by atoms with E-state index in [1.165, 1.54) is 0 Å². The maximum atomic E-state index is 13.8. The van der Waals surface area contributed by atoms with Crippen molar-refractivity contribution in [3.63, 3.8) is 0 Å². The van der Waals surface area contributed by atoms with Crippen molar-refractivity contribution in [3.8, 4) is 0 Å². The van der Waals surface area contributed by atoms with Gasteiger partial charge in [-0.1, -0.05) is 13.8 Å². The molecule has 13 heavy (non-hydrogen) atoms. The highest BCUT2D eigenvalue weighted by atomic mass is 19.1. The van der Waals surface area contributed by atoms with Crippen LogP contribution in [0.4, 0.5) is 4.39 Å². The number of likely N-dealkylation sites (N-methyl/N-ethyl adjacent to an activating group) is 1. The summed E-state index contributed by atoms with van der Waals surface area (Å²) in [6.45, 7) is 7.35. The Balaban J connectivity index is 2.58. The molecule has 0 radical (unpaired) electrons. The van der Waals surface area contributed by atoms with Gasteiger partial charge in [-0.05, 0) is 19.9 Å². The Hall–Kier alpha value is -0.150. The number of alkyl halides is 1. The number of ether oxygens (including phenoxy) is 1. The molecule has 3 heteroatoms. The number of rotatable bonds is 3. The molecule has 0 aromatic rings. The minimum Gasteiger partial charge on any atom is -0.374 e. The van der Waals surface area contributed by atoms with Crippen LogP contribution >= 0.6 is 0 Å². The quantitative estimate of drug-likeness (QED) is 0.670. The zero-order valence-electron chi connectivity index (χ0n) is 8.96. The largest absolute Gasteiger partial charge is 0.374 e. The Morgan fingerprint density at radius 3 is 2.54 bits per heavy atom. The highest BCUT2D eigenvalue weighted by Crippen LogP contribution is 2.27. The normalized spacial score (nSPS) is 36.0. The van der Waals surface area contributed by atoms with Gasteiger partial charge < -0.3 is 4.74 Å². The Morgan fingerprint density at radius 2 is 2.15 bits per heavy atom. The SMILES string of the molecule is CCOC1CN(C)C(C(C)C)C1F. The highest BCUT2D eigenvalue weighted by Gasteiger charge is 2.42. The summed E-state index contributed by atoms with van der Waals surface area (Å²) in [6.07, 6.45) is -1.05. The standard InChI is InChI=1S/C10H20FNO/c1-5-13-8-6-12(4)10(7(2)3)9(8)11/h7-10H,5-6H2,1-4H3. The molecule has 0 saturated carbocycles. The zero-order valence-corrected chi connectivity index (χ0v) is 8.96. The predicted molar refractivity (Wildman–Crippen MR) is 51.6 cm³/mol. The van der Waals surface area contributed by atoms with Crippen LogP contribution in [-0.4, -0.2) is 43.4 Å². The van der Waals surface area contributed by atoms with Crippen molar-refractivity contribution in [1.82, 2.24) is 4.90 Å². The molecule has 1 saturated heterocycles. The molecule has 0 aliphatic carbocycles. The second kappa shape index (κ2) is 4.38. The third-order valence-electron chi connectivity index (χ3n) is 2.72. The molecule has 0 amide bonds. The van der Waals surface area contributed by atoms with Gasteiger partial charge in [0.1, 0.15) is 12.3 Å². The molecule has 1 rings (SSSR count). The molecule has 0 aromatic heterocycles. The Labute approximate surface area is 80.1 Å². The van der Waals surface area contributed by atoms with Gasteiger partial charge in [-0.3, -0.25) is 4.90 Å². The topological polar surface area (TPSA) is 12.5 Å². The van der Waals surface area contributed by atoms with Crippen molar-refractivity contribution in [1.29, 1.82) is 0 Å². The van der Waals surface area contributed by atoms with Crippen LogP contribution in [0.1, 0.15) is 20.8 Å². The number of nitrogens with zero attached hydrogens (tertiary/aromatic N) is 1. The Kier molecular flexibility index (Phi) is 3.68. The van der Waals surface area contributed by atoms with E-state index in [1.54, 1.807) is 0 Å². The van der Waals surface area contributed by atoms with Crippen LogP contribution in [0.2, 0.25) is 0 Å². The maximum Gasteiger partial charge on any atom is 0.143 e. The molecule has 2 nitrogen and oxygen atoms in total. The first-order valence-corrected chi connectivity index (χ1v) is 5.03. The number of halogens is 1. The second-order valence-electron chi connectivity index (χ2n) is 4.11. The lowest BCUT2D eigenvalue weighted by Crippen LogP contribution is -2.36. The summed E-state index contributed by atoms with van der Waals surface area (Å²) in [5, 5.41) is 0. The molecule has 1 fully saturated rings. The molecule has 0 aromatic carbocycles. The molecule has 1 aliphatic heterocycles. The fourth-order valence-electron chi connectivity index (χ4n) is 2.20. The fraction of sp³-hybridized carbons (Fsp3) is 1.00. The first-order valence-electron chi connectivity index (χ1n) is 5.03. The number of hydrogen-bond donors (Lipinski definition) is 0. The summed E-state index contributed by atoms with van der Waals surface area (Å²) < 4.78 is 19.1. The summed E-state index contributed by atoms with van der Waals surface area (Å²) in [7, 11) is 1.97. The van der Waals surface area contributed by atoms with E-state index < -0.39 is 6.17 Å². The summed E-state index contributed by atoms with van der Waals surface area (Å²) in [5.41, 5.74) is 0. The summed E-state index contributed by atoms with van der Waals surface area (Å²) in [4.78, 5) is 2.07. The Bertz CT molecular complexity index is 163. The summed E-state index contributed by atoms with van der Waals surface area (Å²) in [6, 6.07) is 0.0246. The van der Waals surface area contributed by atoms with Crippen molar-refractivity contribution in [3.05, 3.63) is 0 Å². The lowest BCUT2D eigenvalue weighted by molar-refractivity contribution is 0.0228. The van der Waals surface area contributed by atoms with E-state index in [0.29, 0.717) is 12.5 Å². The highest BCUT2D eigenvalue weighted by molar-refractivity contribution is 4.94. The molecule has 3 unspecified atom stereocenters. The van der Waals surface area contributed by atoms with Gasteiger partial charge in [0.25, 0.3) is 0 Å². The molecule has 78 valence electrons. The van der Waals surface area contributed by atoms with Crippen LogP contribution in [0.3, 0.4) is 0 Å². The van der Waals surface area contributed by atoms with Crippen LogP contribution in [0.25, 0.3) is 0 Å². The van der Waals surface area contributed by atoms with Gasteiger partial charge in [-0.25, -0.2) is 4.39 Å². The van der Waals surface area contributed by atoms with Gasteiger partial charge in [0.15, 0.2) is 0 Å². The van der Waals surface area contributed by atoms with Crippen molar-refractivity contribution in [2.75, 3.05) is 20.2 Å². The number of likely N-dealkylation sites (tertiary alicyclic amines) is 1. The van der Waals surface area contributed by atoms with E-state index in [2.05, 4.69) is 18.7 Å². The molecular formula is C10H20FNO. The summed E-state index contributed by atoms with van der Waals surface area (Å²) >= 11 is 0. The van der Waals surface area contributed by atoms with Crippen LogP contribution < -0.4 is 0 Å². The van der Waals surface area contributed by atoms with Crippen LogP contribution in [0.5, 0.6) is 0 Å². The molecule has 1 aliphatic rings. The average molecular weight is 189 g/mol. The number of hydrogen-bond acceptors (Lipinski definition) is 2. The van der Waals surface area contributed by atoms with Gasteiger partial charge in [-0.15, -0.1) is 0 Å². The molecule has 3 atom stereocenters.